The number of nitrogens with zero attached hydrogens (tertiary/aromatic N) is 1. The van der Waals surface area contributed by atoms with Crippen LogP contribution in [0.15, 0.2) is 47.6 Å². The van der Waals surface area contributed by atoms with Gasteiger partial charge in [0, 0.05) is 12.8 Å². The first kappa shape index (κ1) is 19.1. The maximum absolute atomic E-state index is 13.4. The Morgan fingerprint density at radius 2 is 1.88 bits per heavy atom. The van der Waals surface area contributed by atoms with Crippen LogP contribution in [0, 0.1) is 12.7 Å². The number of anilines is 1. The predicted molar refractivity (Wildman–Crippen MR) is 97.7 cm³/mol. The minimum atomic E-state index is -0.523. The van der Waals surface area contributed by atoms with Crippen molar-refractivity contribution in [3.8, 4) is 5.75 Å². The highest BCUT2D eigenvalue weighted by Gasteiger charge is 2.09. The van der Waals surface area contributed by atoms with Gasteiger partial charge in [0.15, 0.2) is 0 Å². The van der Waals surface area contributed by atoms with Gasteiger partial charge in [-0.3, -0.25) is 9.59 Å². The van der Waals surface area contributed by atoms with Crippen molar-refractivity contribution in [1.82, 2.24) is 5.43 Å². The molecule has 0 aromatic heterocycles. The first-order valence-corrected chi connectivity index (χ1v) is 8.00. The van der Waals surface area contributed by atoms with Crippen molar-refractivity contribution in [2.75, 3.05) is 12.4 Å². The molecular weight excluding hydrogens is 337 g/mol. The van der Waals surface area contributed by atoms with E-state index in [2.05, 4.69) is 15.8 Å². The molecule has 2 aromatic carbocycles. The van der Waals surface area contributed by atoms with E-state index in [0.29, 0.717) is 0 Å². The van der Waals surface area contributed by atoms with Gasteiger partial charge in [0.25, 0.3) is 0 Å². The van der Waals surface area contributed by atoms with Crippen molar-refractivity contribution < 1.29 is 18.7 Å². The van der Waals surface area contributed by atoms with E-state index in [1.54, 1.807) is 19.2 Å². The van der Waals surface area contributed by atoms with E-state index in [9.17, 15) is 14.0 Å². The quantitative estimate of drug-likeness (QED) is 0.590. The Labute approximate surface area is 151 Å². The summed E-state index contributed by atoms with van der Waals surface area (Å²) in [5.41, 5.74) is 4.24. The fourth-order valence-electron chi connectivity index (χ4n) is 2.15. The molecule has 2 N–H and O–H groups in total. The van der Waals surface area contributed by atoms with Gasteiger partial charge in [-0.2, -0.15) is 5.10 Å². The van der Waals surface area contributed by atoms with E-state index in [1.165, 1.54) is 24.4 Å². The lowest BCUT2D eigenvalue weighted by molar-refractivity contribution is -0.124. The molecule has 7 heteroatoms. The highest BCUT2D eigenvalue weighted by atomic mass is 19.1. The summed E-state index contributed by atoms with van der Waals surface area (Å²) in [5.74, 6) is -0.634. The monoisotopic (exact) mass is 357 g/mol. The van der Waals surface area contributed by atoms with Gasteiger partial charge >= 0.3 is 0 Å². The zero-order valence-electron chi connectivity index (χ0n) is 14.6. The van der Waals surface area contributed by atoms with E-state index in [1.807, 2.05) is 19.1 Å². The number of nitrogens with one attached hydrogen (secondary N) is 2. The van der Waals surface area contributed by atoms with Crippen LogP contribution < -0.4 is 15.5 Å². The molecule has 136 valence electrons. The standard InChI is InChI=1S/C19H20FN3O3/c1-13-11-15(26-2)8-7-14(13)12-21-23-19(25)10-9-18(24)22-17-6-4-3-5-16(17)20/h3-8,11-12H,9-10H2,1-2H3,(H,22,24)(H,23,25). The third-order valence-corrected chi connectivity index (χ3v) is 3.60. The molecule has 0 fully saturated rings. The topological polar surface area (TPSA) is 79.8 Å². The van der Waals surface area contributed by atoms with Crippen LogP contribution in [0.5, 0.6) is 5.75 Å². The SMILES string of the molecule is COc1ccc(C=NNC(=O)CCC(=O)Nc2ccccc2F)c(C)c1. The number of halogens is 1. The molecule has 0 radical (unpaired) electrons. The summed E-state index contributed by atoms with van der Waals surface area (Å²) >= 11 is 0. The molecule has 2 amide bonds. The van der Waals surface area contributed by atoms with Gasteiger partial charge in [-0.05, 0) is 48.4 Å². The molecule has 0 spiro atoms. The number of hydrogen-bond acceptors (Lipinski definition) is 4. The normalized spacial score (nSPS) is 10.6. The smallest absolute Gasteiger partial charge is 0.240 e. The molecule has 0 heterocycles. The Morgan fingerprint density at radius 3 is 2.58 bits per heavy atom. The molecule has 0 unspecified atom stereocenters. The van der Waals surface area contributed by atoms with Crippen molar-refractivity contribution in [2.45, 2.75) is 19.8 Å². The molecule has 0 saturated carbocycles. The Balaban J connectivity index is 1.78. The van der Waals surface area contributed by atoms with Crippen LogP contribution in [0.4, 0.5) is 10.1 Å². The van der Waals surface area contributed by atoms with Crippen LogP contribution in [0.3, 0.4) is 0 Å². The van der Waals surface area contributed by atoms with E-state index >= 15 is 0 Å². The second-order valence-electron chi connectivity index (χ2n) is 5.54. The fraction of sp³-hybridized carbons (Fsp3) is 0.211. The molecule has 0 aliphatic rings. The molecule has 0 saturated heterocycles. The van der Waals surface area contributed by atoms with Crippen LogP contribution in [0.2, 0.25) is 0 Å². The lowest BCUT2D eigenvalue weighted by Crippen LogP contribution is -2.21. The molecular formula is C19H20FN3O3. The van der Waals surface area contributed by atoms with E-state index < -0.39 is 17.6 Å². The van der Waals surface area contributed by atoms with Crippen LogP contribution in [0.25, 0.3) is 0 Å². The van der Waals surface area contributed by atoms with Gasteiger partial charge in [-0.25, -0.2) is 9.82 Å². The van der Waals surface area contributed by atoms with Crippen molar-refractivity contribution in [3.05, 3.63) is 59.4 Å². The number of carbonyl (C=O) groups excluding carboxylic acids is 2. The summed E-state index contributed by atoms with van der Waals surface area (Å²) in [6, 6.07) is 11.3. The third-order valence-electron chi connectivity index (χ3n) is 3.60. The number of ether oxygens (including phenoxy) is 1. The lowest BCUT2D eigenvalue weighted by Gasteiger charge is -2.06. The number of amides is 2. The summed E-state index contributed by atoms with van der Waals surface area (Å²) in [4.78, 5) is 23.5. The lowest BCUT2D eigenvalue weighted by atomic mass is 10.1. The van der Waals surface area contributed by atoms with Crippen molar-refractivity contribution in [1.29, 1.82) is 0 Å². The zero-order valence-corrected chi connectivity index (χ0v) is 14.6. The average Bonchev–Trinajstić information content (AvgIpc) is 2.63. The molecule has 26 heavy (non-hydrogen) atoms. The molecule has 6 nitrogen and oxygen atoms in total. The van der Waals surface area contributed by atoms with Gasteiger partial charge in [0.1, 0.15) is 11.6 Å². The molecule has 0 aliphatic carbocycles. The Bertz CT molecular complexity index is 821. The fourth-order valence-corrected chi connectivity index (χ4v) is 2.15. The van der Waals surface area contributed by atoms with Crippen LogP contribution in [0.1, 0.15) is 24.0 Å². The highest BCUT2D eigenvalue weighted by Crippen LogP contribution is 2.15. The minimum Gasteiger partial charge on any atom is -0.497 e. The first-order valence-electron chi connectivity index (χ1n) is 8.00. The van der Waals surface area contributed by atoms with Gasteiger partial charge in [0.2, 0.25) is 11.8 Å². The number of hydrazone groups is 1. The second kappa shape index (κ2) is 9.31. The molecule has 0 bridgehead atoms. The van der Waals surface area contributed by atoms with Crippen LogP contribution in [-0.2, 0) is 9.59 Å². The Morgan fingerprint density at radius 1 is 1.15 bits per heavy atom. The van der Waals surface area contributed by atoms with Gasteiger partial charge in [-0.15, -0.1) is 0 Å². The number of methoxy groups -OCH3 is 1. The highest BCUT2D eigenvalue weighted by molar-refractivity contribution is 5.93. The number of para-hydroxylation sites is 1. The molecule has 0 aliphatic heterocycles. The van der Waals surface area contributed by atoms with E-state index in [4.69, 9.17) is 4.74 Å². The number of benzene rings is 2. The number of carbonyl (C=O) groups is 2. The summed E-state index contributed by atoms with van der Waals surface area (Å²) in [6.07, 6.45) is 1.39. The van der Waals surface area contributed by atoms with E-state index in [0.717, 1.165) is 16.9 Å². The summed E-state index contributed by atoms with van der Waals surface area (Å²) < 4.78 is 18.6. The number of rotatable bonds is 7. The summed E-state index contributed by atoms with van der Waals surface area (Å²) in [7, 11) is 1.59. The Hall–Kier alpha value is -3.22. The second-order valence-corrected chi connectivity index (χ2v) is 5.54. The van der Waals surface area contributed by atoms with Gasteiger partial charge < -0.3 is 10.1 Å². The number of hydrogen-bond donors (Lipinski definition) is 2. The Kier molecular flexibility index (Phi) is 6.84. The first-order chi connectivity index (χ1) is 12.5. The zero-order chi connectivity index (χ0) is 18.9. The average molecular weight is 357 g/mol. The summed E-state index contributed by atoms with van der Waals surface area (Å²) in [5, 5.41) is 6.30. The van der Waals surface area contributed by atoms with Crippen molar-refractivity contribution in [2.24, 2.45) is 5.10 Å². The van der Waals surface area contributed by atoms with Gasteiger partial charge in [0.05, 0.1) is 19.0 Å². The summed E-state index contributed by atoms with van der Waals surface area (Å²) in [6.45, 7) is 1.90. The van der Waals surface area contributed by atoms with Crippen molar-refractivity contribution in [3.63, 3.8) is 0 Å². The van der Waals surface area contributed by atoms with Crippen molar-refractivity contribution >= 4 is 23.7 Å². The van der Waals surface area contributed by atoms with E-state index in [-0.39, 0.29) is 18.5 Å². The molecule has 2 rings (SSSR count). The molecule has 2 aromatic rings. The maximum Gasteiger partial charge on any atom is 0.240 e. The largest absolute Gasteiger partial charge is 0.497 e. The molecule has 0 atom stereocenters. The van der Waals surface area contributed by atoms with Gasteiger partial charge in [-0.1, -0.05) is 12.1 Å². The number of aryl methyl sites for hydroxylation is 1. The third kappa shape index (κ3) is 5.70. The minimum absolute atomic E-state index is 0.0563. The van der Waals surface area contributed by atoms with Crippen LogP contribution >= 0.6 is 0 Å². The van der Waals surface area contributed by atoms with Crippen LogP contribution in [-0.4, -0.2) is 25.1 Å². The maximum atomic E-state index is 13.4. The predicted octanol–water partition coefficient (Wildman–Crippen LogP) is 3.01.